The molecule has 106 valence electrons. The molecule has 1 N–H and O–H groups in total. The van der Waals surface area contributed by atoms with Gasteiger partial charge in [0.05, 0.1) is 0 Å². The fraction of sp³-hybridized carbons (Fsp3) is 0.562. The molecule has 0 heterocycles. The predicted octanol–water partition coefficient (Wildman–Crippen LogP) is 3.49. The van der Waals surface area contributed by atoms with Crippen molar-refractivity contribution >= 4 is 5.91 Å². The number of carbonyl (C=O) groups is 1. The smallest absolute Gasteiger partial charge is 0.261 e. The van der Waals surface area contributed by atoms with Gasteiger partial charge in [-0.25, -0.2) is 0 Å². The molecule has 0 aliphatic rings. The van der Waals surface area contributed by atoms with Gasteiger partial charge < -0.3 is 10.1 Å². The minimum atomic E-state index is -0.498. The van der Waals surface area contributed by atoms with Gasteiger partial charge in [-0.15, -0.1) is 0 Å². The number of hydrogen-bond donors (Lipinski definition) is 1. The first-order valence-corrected chi connectivity index (χ1v) is 6.77. The fourth-order valence-electron chi connectivity index (χ4n) is 1.68. The Morgan fingerprint density at radius 2 is 1.84 bits per heavy atom. The van der Waals surface area contributed by atoms with Gasteiger partial charge in [0.15, 0.2) is 6.10 Å². The lowest BCUT2D eigenvalue weighted by molar-refractivity contribution is -0.128. The van der Waals surface area contributed by atoms with Gasteiger partial charge in [0.1, 0.15) is 5.75 Å². The minimum Gasteiger partial charge on any atom is -0.481 e. The number of nitrogens with one attached hydrogen (secondary N) is 1. The van der Waals surface area contributed by atoms with Crippen molar-refractivity contribution in [2.45, 2.75) is 59.1 Å². The van der Waals surface area contributed by atoms with Gasteiger partial charge in [-0.1, -0.05) is 26.0 Å². The van der Waals surface area contributed by atoms with Crippen molar-refractivity contribution in [1.29, 1.82) is 0 Å². The average molecular weight is 263 g/mol. The standard InChI is InChI=1S/C16H25NO2/c1-11(2)13-8-7-9-14(10-13)19-12(3)15(18)17-16(4,5)6/h7-12H,1-6H3,(H,17,18). The van der Waals surface area contributed by atoms with E-state index in [1.807, 2.05) is 39.0 Å². The van der Waals surface area contributed by atoms with Crippen molar-refractivity contribution in [3.63, 3.8) is 0 Å². The van der Waals surface area contributed by atoms with Gasteiger partial charge in [-0.3, -0.25) is 4.79 Å². The molecule has 1 amide bonds. The van der Waals surface area contributed by atoms with E-state index in [9.17, 15) is 4.79 Å². The van der Waals surface area contributed by atoms with Crippen molar-refractivity contribution in [3.8, 4) is 5.75 Å². The zero-order valence-corrected chi connectivity index (χ0v) is 12.8. The Kier molecular flexibility index (Phi) is 4.98. The minimum absolute atomic E-state index is 0.0950. The van der Waals surface area contributed by atoms with E-state index in [1.54, 1.807) is 6.92 Å². The van der Waals surface area contributed by atoms with Crippen LogP contribution < -0.4 is 10.1 Å². The molecule has 0 aliphatic carbocycles. The maximum absolute atomic E-state index is 11.9. The van der Waals surface area contributed by atoms with Gasteiger partial charge in [0.25, 0.3) is 5.91 Å². The number of ether oxygens (including phenoxy) is 1. The summed E-state index contributed by atoms with van der Waals surface area (Å²) in [5.74, 6) is 1.09. The number of benzene rings is 1. The Morgan fingerprint density at radius 1 is 1.21 bits per heavy atom. The SMILES string of the molecule is CC(Oc1cccc(C(C)C)c1)C(=O)NC(C)(C)C. The van der Waals surface area contributed by atoms with Crippen LogP contribution >= 0.6 is 0 Å². The maximum atomic E-state index is 11.9. The Labute approximate surface area is 116 Å². The first-order valence-electron chi connectivity index (χ1n) is 6.77. The molecule has 0 saturated heterocycles. The van der Waals surface area contributed by atoms with Gasteiger partial charge in [0, 0.05) is 5.54 Å². The Bertz CT molecular complexity index is 433. The zero-order chi connectivity index (χ0) is 14.6. The maximum Gasteiger partial charge on any atom is 0.261 e. The van der Waals surface area contributed by atoms with Crippen molar-refractivity contribution in [2.24, 2.45) is 0 Å². The molecule has 0 bridgehead atoms. The van der Waals surface area contributed by atoms with Crippen LogP contribution in [0.4, 0.5) is 0 Å². The molecular formula is C16H25NO2. The molecule has 1 rings (SSSR count). The summed E-state index contributed by atoms with van der Waals surface area (Å²) in [7, 11) is 0. The highest BCUT2D eigenvalue weighted by atomic mass is 16.5. The lowest BCUT2D eigenvalue weighted by Gasteiger charge is -2.23. The van der Waals surface area contributed by atoms with Crippen LogP contribution in [-0.4, -0.2) is 17.6 Å². The number of carbonyl (C=O) groups excluding carboxylic acids is 1. The summed E-state index contributed by atoms with van der Waals surface area (Å²) in [6.45, 7) is 11.9. The van der Waals surface area contributed by atoms with Crippen LogP contribution in [0.3, 0.4) is 0 Å². The fourth-order valence-corrected chi connectivity index (χ4v) is 1.68. The highest BCUT2D eigenvalue weighted by molar-refractivity contribution is 5.81. The highest BCUT2D eigenvalue weighted by Crippen LogP contribution is 2.21. The van der Waals surface area contributed by atoms with E-state index >= 15 is 0 Å². The summed E-state index contributed by atoms with van der Waals surface area (Å²) in [5.41, 5.74) is 0.968. The Balaban J connectivity index is 2.69. The molecule has 3 nitrogen and oxygen atoms in total. The second kappa shape index (κ2) is 6.09. The van der Waals surface area contributed by atoms with E-state index < -0.39 is 6.10 Å². The third kappa shape index (κ3) is 5.33. The summed E-state index contributed by atoms with van der Waals surface area (Å²) in [5, 5.41) is 2.91. The summed E-state index contributed by atoms with van der Waals surface area (Å²) in [6.07, 6.45) is -0.498. The second-order valence-corrected chi connectivity index (χ2v) is 6.23. The van der Waals surface area contributed by atoms with E-state index in [2.05, 4.69) is 25.2 Å². The van der Waals surface area contributed by atoms with E-state index in [4.69, 9.17) is 4.74 Å². The molecule has 3 heteroatoms. The molecule has 1 atom stereocenters. The topological polar surface area (TPSA) is 38.3 Å². The first kappa shape index (κ1) is 15.5. The third-order valence-electron chi connectivity index (χ3n) is 2.71. The molecule has 0 spiro atoms. The second-order valence-electron chi connectivity index (χ2n) is 6.23. The number of rotatable bonds is 4. The molecule has 0 fully saturated rings. The molecule has 19 heavy (non-hydrogen) atoms. The highest BCUT2D eigenvalue weighted by Gasteiger charge is 2.20. The molecule has 0 saturated carbocycles. The van der Waals surface area contributed by atoms with Crippen molar-refractivity contribution < 1.29 is 9.53 Å². The van der Waals surface area contributed by atoms with Gasteiger partial charge in [0.2, 0.25) is 0 Å². The number of hydrogen-bond acceptors (Lipinski definition) is 2. The van der Waals surface area contributed by atoms with E-state index in [1.165, 1.54) is 5.56 Å². The zero-order valence-electron chi connectivity index (χ0n) is 12.8. The lowest BCUT2D eigenvalue weighted by Crippen LogP contribution is -2.46. The quantitative estimate of drug-likeness (QED) is 0.903. The van der Waals surface area contributed by atoms with Crippen molar-refractivity contribution in [1.82, 2.24) is 5.32 Å². The first-order chi connectivity index (χ1) is 8.69. The lowest BCUT2D eigenvalue weighted by atomic mass is 10.0. The van der Waals surface area contributed by atoms with Crippen LogP contribution in [0.25, 0.3) is 0 Å². The van der Waals surface area contributed by atoms with Gasteiger partial charge in [-0.2, -0.15) is 0 Å². The van der Waals surface area contributed by atoms with Crippen LogP contribution in [0.2, 0.25) is 0 Å². The largest absolute Gasteiger partial charge is 0.481 e. The van der Waals surface area contributed by atoms with E-state index in [-0.39, 0.29) is 11.4 Å². The molecule has 0 aromatic heterocycles. The summed E-state index contributed by atoms with van der Waals surface area (Å²) in [4.78, 5) is 11.9. The van der Waals surface area contributed by atoms with Crippen molar-refractivity contribution in [3.05, 3.63) is 29.8 Å². The Morgan fingerprint density at radius 3 is 2.37 bits per heavy atom. The normalized spacial score (nSPS) is 13.2. The molecular weight excluding hydrogens is 238 g/mol. The van der Waals surface area contributed by atoms with Crippen LogP contribution in [0.5, 0.6) is 5.75 Å². The van der Waals surface area contributed by atoms with Crippen LogP contribution in [0, 0.1) is 0 Å². The van der Waals surface area contributed by atoms with Crippen LogP contribution in [0.1, 0.15) is 53.0 Å². The predicted molar refractivity (Wildman–Crippen MR) is 78.5 cm³/mol. The van der Waals surface area contributed by atoms with Crippen LogP contribution in [0.15, 0.2) is 24.3 Å². The number of amides is 1. The molecule has 0 aliphatic heterocycles. The molecule has 1 aromatic carbocycles. The monoisotopic (exact) mass is 263 g/mol. The molecule has 0 radical (unpaired) electrons. The summed E-state index contributed by atoms with van der Waals surface area (Å²) >= 11 is 0. The van der Waals surface area contributed by atoms with E-state index in [0.717, 1.165) is 5.75 Å². The van der Waals surface area contributed by atoms with E-state index in [0.29, 0.717) is 5.92 Å². The molecule has 1 unspecified atom stereocenters. The van der Waals surface area contributed by atoms with Crippen LogP contribution in [-0.2, 0) is 4.79 Å². The van der Waals surface area contributed by atoms with Crippen molar-refractivity contribution in [2.75, 3.05) is 0 Å². The molecule has 1 aromatic rings. The third-order valence-corrected chi connectivity index (χ3v) is 2.71. The Hall–Kier alpha value is -1.51. The average Bonchev–Trinajstić information content (AvgIpc) is 2.27. The summed E-state index contributed by atoms with van der Waals surface area (Å²) in [6, 6.07) is 7.90. The van der Waals surface area contributed by atoms with Gasteiger partial charge in [-0.05, 0) is 51.3 Å². The summed E-state index contributed by atoms with van der Waals surface area (Å²) < 4.78 is 5.70. The van der Waals surface area contributed by atoms with Gasteiger partial charge >= 0.3 is 0 Å².